The summed E-state index contributed by atoms with van der Waals surface area (Å²) in [5, 5.41) is 7.22. The van der Waals surface area contributed by atoms with Gasteiger partial charge in [0.25, 0.3) is 15.0 Å². The van der Waals surface area contributed by atoms with Gasteiger partial charge in [-0.25, -0.2) is 16.8 Å². The highest BCUT2D eigenvalue weighted by Gasteiger charge is 2.63. The third kappa shape index (κ3) is 10.4. The van der Waals surface area contributed by atoms with Crippen LogP contribution < -0.4 is 31.8 Å². The third-order valence-electron chi connectivity index (χ3n) is 7.53. The van der Waals surface area contributed by atoms with Crippen LogP contribution in [-0.2, 0) is 24.5 Å². The van der Waals surface area contributed by atoms with Crippen LogP contribution in [0.15, 0.2) is 182 Å². The monoisotopic (exact) mass is 838 g/mol. The zero-order valence-corrected chi connectivity index (χ0v) is 31.6. The summed E-state index contributed by atoms with van der Waals surface area (Å²) in [6, 6.07) is 65.0. The first-order valence-electron chi connectivity index (χ1n) is 15.7. The number of alkyl halides is 6. The van der Waals surface area contributed by atoms with Crippen LogP contribution in [0.1, 0.15) is 0 Å². The molecule has 288 valence electrons. The molecule has 7 nitrogen and oxygen atoms in total. The van der Waals surface area contributed by atoms with Crippen LogP contribution in [-0.4, -0.2) is 37.0 Å². The summed E-state index contributed by atoms with van der Waals surface area (Å²) in [7, 11) is -17.4. The second kappa shape index (κ2) is 18.0. The standard InChI is InChI=1S/C36H30OP2.2CHF3O3S/c1-7-19-31(20-8-1)38(32-21-9-2-10-22-32,33-23-11-3-12-24-33)37-39(34-25-13-4-14-26-34,35-27-15-5-16-28-35)36-29-17-6-18-30-36;2*2-1(3,4)8(5,6)7/h1-30H;2*(H,5,6,7)/q+2;;/p-2. The molecule has 0 aliphatic heterocycles. The summed E-state index contributed by atoms with van der Waals surface area (Å²) >= 11 is 0. The average Bonchev–Trinajstić information content (AvgIpc) is 3.17. The Morgan fingerprint density at radius 2 is 0.473 bits per heavy atom. The molecule has 0 fully saturated rings. The molecule has 0 saturated carbocycles. The van der Waals surface area contributed by atoms with Crippen LogP contribution in [0.3, 0.4) is 0 Å². The van der Waals surface area contributed by atoms with Crippen molar-refractivity contribution in [1.29, 1.82) is 0 Å². The van der Waals surface area contributed by atoms with Crippen LogP contribution in [0, 0.1) is 0 Å². The second-order valence-electron chi connectivity index (χ2n) is 11.1. The Bertz CT molecular complexity index is 1950. The SMILES string of the molecule is O=S(=O)([O-])C(F)(F)F.O=S(=O)([O-])C(F)(F)F.c1ccc([P+](O[P+](c2ccccc2)(c2ccccc2)c2ccccc2)(c2ccccc2)c2ccccc2)cc1. The van der Waals surface area contributed by atoms with Crippen molar-refractivity contribution in [3.63, 3.8) is 0 Å². The van der Waals surface area contributed by atoms with E-state index in [9.17, 15) is 26.3 Å². The lowest BCUT2D eigenvalue weighted by Gasteiger charge is -2.31. The first kappa shape index (κ1) is 43.3. The molecular formula is C38H30F6O7P2S2. The van der Waals surface area contributed by atoms with Gasteiger partial charge in [0.05, 0.1) is 0 Å². The number of halogens is 6. The molecule has 0 amide bonds. The Morgan fingerprint density at radius 3 is 0.582 bits per heavy atom. The minimum atomic E-state index is -6.09. The maximum Gasteiger partial charge on any atom is 0.485 e. The molecule has 0 radical (unpaired) electrons. The van der Waals surface area contributed by atoms with E-state index < -0.39 is 46.2 Å². The lowest BCUT2D eigenvalue weighted by molar-refractivity contribution is -0.0522. The van der Waals surface area contributed by atoms with E-state index in [0.717, 1.165) is 0 Å². The normalized spacial score (nSPS) is 12.4. The van der Waals surface area contributed by atoms with Gasteiger partial charge >= 0.3 is 11.0 Å². The number of rotatable bonds is 8. The quantitative estimate of drug-likeness (QED) is 0.0706. The van der Waals surface area contributed by atoms with Crippen LogP contribution in [0.25, 0.3) is 0 Å². The molecule has 6 rings (SSSR count). The van der Waals surface area contributed by atoms with Crippen LogP contribution in [0.5, 0.6) is 0 Å². The molecule has 0 atom stereocenters. The van der Waals surface area contributed by atoms with Crippen molar-refractivity contribution in [3.05, 3.63) is 182 Å². The second-order valence-corrected chi connectivity index (χ2v) is 20.0. The Kier molecular flexibility index (Phi) is 14.2. The number of hydrogen-bond acceptors (Lipinski definition) is 7. The predicted octanol–water partition coefficient (Wildman–Crippen LogP) is 6.92. The highest BCUT2D eigenvalue weighted by Crippen LogP contribution is 2.72. The molecule has 6 aromatic rings. The molecule has 0 bridgehead atoms. The van der Waals surface area contributed by atoms with E-state index in [0.29, 0.717) is 0 Å². The Labute approximate surface area is 315 Å². The average molecular weight is 839 g/mol. The van der Waals surface area contributed by atoms with Gasteiger partial charge in [-0.05, 0) is 72.8 Å². The largest absolute Gasteiger partial charge is 0.741 e. The Hall–Kier alpha value is -4.46. The van der Waals surface area contributed by atoms with Gasteiger partial charge in [-0.2, -0.15) is 26.3 Å². The molecular weight excluding hydrogens is 808 g/mol. The molecule has 0 aliphatic rings. The van der Waals surface area contributed by atoms with Gasteiger partial charge < -0.3 is 9.11 Å². The van der Waals surface area contributed by atoms with E-state index in [1.165, 1.54) is 31.8 Å². The third-order valence-corrected chi connectivity index (χ3v) is 16.8. The molecule has 0 saturated heterocycles. The summed E-state index contributed by atoms with van der Waals surface area (Å²) in [5.74, 6) is 0. The van der Waals surface area contributed by atoms with Gasteiger partial charge in [0.1, 0.15) is 31.8 Å². The van der Waals surface area contributed by atoms with E-state index in [1.54, 1.807) is 0 Å². The van der Waals surface area contributed by atoms with E-state index in [4.69, 9.17) is 30.3 Å². The summed E-state index contributed by atoms with van der Waals surface area (Å²) in [6.45, 7) is 0. The highest BCUT2D eigenvalue weighted by molar-refractivity contribution is 8.03. The molecule has 55 heavy (non-hydrogen) atoms. The van der Waals surface area contributed by atoms with Gasteiger partial charge in [0.2, 0.25) is 0 Å². The lowest BCUT2D eigenvalue weighted by atomic mass is 10.4. The molecule has 0 aliphatic carbocycles. The van der Waals surface area contributed by atoms with Gasteiger partial charge in [-0.3, -0.25) is 0 Å². The molecule has 0 aromatic heterocycles. The smallest absolute Gasteiger partial charge is 0.485 e. The molecule has 0 N–H and O–H groups in total. The van der Waals surface area contributed by atoms with Crippen molar-refractivity contribution in [1.82, 2.24) is 0 Å². The fourth-order valence-corrected chi connectivity index (χ4v) is 14.3. The first-order chi connectivity index (χ1) is 25.8. The van der Waals surface area contributed by atoms with Crippen LogP contribution in [0.2, 0.25) is 0 Å². The van der Waals surface area contributed by atoms with Gasteiger partial charge in [0, 0.05) is 0 Å². The van der Waals surface area contributed by atoms with E-state index in [1.807, 2.05) is 0 Å². The van der Waals surface area contributed by atoms with Crippen molar-refractivity contribution >= 4 is 67.0 Å². The zero-order chi connectivity index (χ0) is 40.4. The minimum Gasteiger partial charge on any atom is -0.741 e. The zero-order valence-electron chi connectivity index (χ0n) is 28.2. The molecule has 6 aromatic carbocycles. The fraction of sp³-hybridized carbons (Fsp3) is 0.0526. The fourth-order valence-electron chi connectivity index (χ4n) is 5.19. The number of hydrogen-bond donors (Lipinski definition) is 0. The summed E-state index contributed by atoms with van der Waals surface area (Å²) in [4.78, 5) is 0. The van der Waals surface area contributed by atoms with Crippen LogP contribution >= 0.6 is 15.0 Å². The van der Waals surface area contributed by atoms with Crippen molar-refractivity contribution in [2.75, 3.05) is 0 Å². The van der Waals surface area contributed by atoms with E-state index in [-0.39, 0.29) is 0 Å². The molecule has 0 spiro atoms. The van der Waals surface area contributed by atoms with Gasteiger partial charge in [0.15, 0.2) is 20.2 Å². The number of benzene rings is 6. The Balaban J connectivity index is 0.000000354. The van der Waals surface area contributed by atoms with Crippen molar-refractivity contribution in [2.45, 2.75) is 11.0 Å². The maximum absolute atomic E-state index is 10.7. The van der Waals surface area contributed by atoms with Crippen molar-refractivity contribution in [3.8, 4) is 0 Å². The minimum absolute atomic E-state index is 1.20. The summed E-state index contributed by atoms with van der Waals surface area (Å²) < 4.78 is 126. The molecule has 17 heteroatoms. The van der Waals surface area contributed by atoms with E-state index >= 15 is 0 Å². The molecule has 0 heterocycles. The summed E-state index contributed by atoms with van der Waals surface area (Å²) in [6.07, 6.45) is 0. The van der Waals surface area contributed by atoms with Crippen LogP contribution in [0.4, 0.5) is 26.3 Å². The Morgan fingerprint density at radius 1 is 0.345 bits per heavy atom. The molecule has 0 unspecified atom stereocenters. The van der Waals surface area contributed by atoms with Crippen molar-refractivity contribution in [2.24, 2.45) is 0 Å². The van der Waals surface area contributed by atoms with Crippen molar-refractivity contribution < 1.29 is 56.6 Å². The van der Waals surface area contributed by atoms with E-state index in [2.05, 4.69) is 182 Å². The topological polar surface area (TPSA) is 124 Å². The maximum atomic E-state index is 10.7. The van der Waals surface area contributed by atoms with Gasteiger partial charge in [-0.1, -0.05) is 114 Å². The predicted molar refractivity (Wildman–Crippen MR) is 203 cm³/mol. The van der Waals surface area contributed by atoms with Gasteiger partial charge in [-0.15, -0.1) is 0 Å². The summed E-state index contributed by atoms with van der Waals surface area (Å²) in [5.41, 5.74) is -11.3. The first-order valence-corrected chi connectivity index (χ1v) is 21.9. The lowest BCUT2D eigenvalue weighted by Crippen LogP contribution is -2.39. The highest BCUT2D eigenvalue weighted by atomic mass is 32.2.